The standard InChI is InChI=1S/C4H6Cl3O6P/c1-12-3(8)13-2(4(5,6)7)14(9,10)11/h2H,1H3,(H2,9,10,11). The van der Waals surface area contributed by atoms with E-state index in [1.54, 1.807) is 0 Å². The number of rotatable bonds is 2. The Balaban J connectivity index is 4.77. The molecule has 0 heterocycles. The maximum Gasteiger partial charge on any atom is 0.509 e. The minimum absolute atomic E-state index is 0.942. The number of ether oxygens (including phenoxy) is 2. The van der Waals surface area contributed by atoms with Crippen LogP contribution in [0.15, 0.2) is 0 Å². The zero-order chi connectivity index (χ0) is 11.6. The van der Waals surface area contributed by atoms with Crippen LogP contribution >= 0.6 is 42.4 Å². The maximum atomic E-state index is 10.7. The zero-order valence-electron chi connectivity index (χ0n) is 6.69. The molecule has 0 saturated carbocycles. The van der Waals surface area contributed by atoms with Gasteiger partial charge in [-0.25, -0.2) is 4.79 Å². The van der Waals surface area contributed by atoms with E-state index in [2.05, 4.69) is 9.47 Å². The van der Waals surface area contributed by atoms with E-state index in [1.807, 2.05) is 0 Å². The number of methoxy groups -OCH3 is 1. The lowest BCUT2D eigenvalue weighted by molar-refractivity contribution is 0.0543. The Morgan fingerprint density at radius 1 is 1.43 bits per heavy atom. The summed E-state index contributed by atoms with van der Waals surface area (Å²) in [5, 5.41) is 0. The molecule has 1 unspecified atom stereocenters. The van der Waals surface area contributed by atoms with Gasteiger partial charge < -0.3 is 19.3 Å². The molecule has 0 aromatic carbocycles. The normalized spacial score (nSPS) is 14.7. The zero-order valence-corrected chi connectivity index (χ0v) is 9.85. The SMILES string of the molecule is COC(=O)OC(C(Cl)(Cl)Cl)P(=O)(O)O. The van der Waals surface area contributed by atoms with Crippen molar-refractivity contribution < 1.29 is 28.6 Å². The van der Waals surface area contributed by atoms with Crippen molar-refractivity contribution in [2.45, 2.75) is 9.64 Å². The van der Waals surface area contributed by atoms with Crippen molar-refractivity contribution in [2.24, 2.45) is 0 Å². The molecule has 0 rings (SSSR count). The first-order valence-electron chi connectivity index (χ1n) is 2.95. The fourth-order valence-electron chi connectivity index (χ4n) is 0.465. The molecule has 2 N–H and O–H groups in total. The van der Waals surface area contributed by atoms with E-state index in [4.69, 9.17) is 44.6 Å². The van der Waals surface area contributed by atoms with Crippen molar-refractivity contribution in [2.75, 3.05) is 7.11 Å². The second-order valence-corrected chi connectivity index (χ2v) is 6.07. The van der Waals surface area contributed by atoms with Gasteiger partial charge in [0.25, 0.3) is 5.85 Å². The average molecular weight is 287 g/mol. The third-order valence-electron chi connectivity index (χ3n) is 0.960. The van der Waals surface area contributed by atoms with Gasteiger partial charge in [0, 0.05) is 0 Å². The van der Waals surface area contributed by atoms with Crippen molar-refractivity contribution in [1.82, 2.24) is 0 Å². The molecule has 1 atom stereocenters. The minimum Gasteiger partial charge on any atom is -0.438 e. The molecule has 0 aromatic rings. The number of alkyl halides is 3. The summed E-state index contributed by atoms with van der Waals surface area (Å²) in [4.78, 5) is 27.9. The second kappa shape index (κ2) is 4.88. The van der Waals surface area contributed by atoms with E-state index >= 15 is 0 Å². The Bertz CT molecular complexity index is 256. The van der Waals surface area contributed by atoms with E-state index in [0.717, 1.165) is 7.11 Å². The highest BCUT2D eigenvalue weighted by atomic mass is 35.6. The van der Waals surface area contributed by atoms with E-state index < -0.39 is 23.4 Å². The summed E-state index contributed by atoms with van der Waals surface area (Å²) in [6, 6.07) is 0. The van der Waals surface area contributed by atoms with Crippen molar-refractivity contribution in [3.05, 3.63) is 0 Å². The summed E-state index contributed by atoms with van der Waals surface area (Å²) in [6.07, 6.45) is -1.36. The first-order valence-corrected chi connectivity index (χ1v) is 5.77. The van der Waals surface area contributed by atoms with E-state index in [-0.39, 0.29) is 0 Å². The van der Waals surface area contributed by atoms with Crippen LogP contribution in [0.1, 0.15) is 0 Å². The molecule has 0 amide bonds. The summed E-state index contributed by atoms with van der Waals surface area (Å²) < 4.78 is 16.4. The molecule has 10 heteroatoms. The van der Waals surface area contributed by atoms with Crippen molar-refractivity contribution in [3.63, 3.8) is 0 Å². The smallest absolute Gasteiger partial charge is 0.438 e. The van der Waals surface area contributed by atoms with Gasteiger partial charge in [0.2, 0.25) is 3.79 Å². The van der Waals surface area contributed by atoms with Crippen LogP contribution in [0, 0.1) is 0 Å². The molecule has 0 aromatic heterocycles. The number of carbonyl (C=O) groups is 1. The minimum atomic E-state index is -4.88. The van der Waals surface area contributed by atoms with E-state index in [9.17, 15) is 9.36 Å². The topological polar surface area (TPSA) is 93.1 Å². The number of hydrogen-bond acceptors (Lipinski definition) is 4. The van der Waals surface area contributed by atoms with E-state index in [1.165, 1.54) is 0 Å². The average Bonchev–Trinajstić information content (AvgIpc) is 1.95. The molecule has 0 aliphatic rings. The number of halogens is 3. The third kappa shape index (κ3) is 4.68. The van der Waals surface area contributed by atoms with E-state index in [0.29, 0.717) is 0 Å². The molecule has 0 saturated heterocycles. The van der Waals surface area contributed by atoms with Crippen LogP contribution in [0.3, 0.4) is 0 Å². The van der Waals surface area contributed by atoms with Gasteiger partial charge in [-0.05, 0) is 0 Å². The number of carbonyl (C=O) groups excluding carboxylic acids is 1. The van der Waals surface area contributed by atoms with Crippen LogP contribution in [0.25, 0.3) is 0 Å². The Kier molecular flexibility index (Phi) is 4.98. The molecule has 0 radical (unpaired) electrons. The first kappa shape index (κ1) is 14.3. The van der Waals surface area contributed by atoms with Crippen LogP contribution in [0.2, 0.25) is 0 Å². The molecule has 0 spiro atoms. The predicted octanol–water partition coefficient (Wildman–Crippen LogP) is 1.64. The summed E-state index contributed by atoms with van der Waals surface area (Å²) in [5.41, 5.74) is 0. The van der Waals surface area contributed by atoms with Gasteiger partial charge in [-0.3, -0.25) is 4.57 Å². The molecular formula is C4H6Cl3O6P. The first-order chi connectivity index (χ1) is 6.09. The summed E-state index contributed by atoms with van der Waals surface area (Å²) in [7, 11) is -3.94. The monoisotopic (exact) mass is 286 g/mol. The van der Waals surface area contributed by atoms with Crippen molar-refractivity contribution >= 4 is 48.6 Å². The Morgan fingerprint density at radius 2 is 1.86 bits per heavy atom. The molecule has 0 bridgehead atoms. The second-order valence-electron chi connectivity index (χ2n) is 2.06. The van der Waals surface area contributed by atoms with Gasteiger partial charge in [0.1, 0.15) is 0 Å². The van der Waals surface area contributed by atoms with Gasteiger partial charge in [-0.15, -0.1) is 0 Å². The Hall–Kier alpha value is 0.290. The fraction of sp³-hybridized carbons (Fsp3) is 0.750. The van der Waals surface area contributed by atoms with Crippen LogP contribution in [-0.4, -0.2) is 32.7 Å². The molecule has 6 nitrogen and oxygen atoms in total. The van der Waals surface area contributed by atoms with Crippen LogP contribution in [0.5, 0.6) is 0 Å². The van der Waals surface area contributed by atoms with Gasteiger partial charge in [0.05, 0.1) is 7.11 Å². The number of hydrogen-bond donors (Lipinski definition) is 2. The lowest BCUT2D eigenvalue weighted by atomic mass is 10.8. The molecular weight excluding hydrogens is 281 g/mol. The van der Waals surface area contributed by atoms with Crippen LogP contribution in [0.4, 0.5) is 4.79 Å². The molecule has 0 aliphatic carbocycles. The van der Waals surface area contributed by atoms with Gasteiger partial charge in [0.15, 0.2) is 0 Å². The quantitative estimate of drug-likeness (QED) is 0.455. The summed E-state index contributed by atoms with van der Waals surface area (Å²) in [5.74, 6) is -2.20. The Labute approximate surface area is 94.2 Å². The lowest BCUT2D eigenvalue weighted by Crippen LogP contribution is -2.31. The largest absolute Gasteiger partial charge is 0.509 e. The molecule has 14 heavy (non-hydrogen) atoms. The molecule has 0 fully saturated rings. The summed E-state index contributed by atoms with van der Waals surface area (Å²) >= 11 is 15.6. The van der Waals surface area contributed by atoms with Gasteiger partial charge in [-0.1, -0.05) is 34.8 Å². The predicted molar refractivity (Wildman–Crippen MR) is 49.6 cm³/mol. The van der Waals surface area contributed by atoms with Crippen LogP contribution < -0.4 is 0 Å². The fourth-order valence-corrected chi connectivity index (χ4v) is 2.35. The van der Waals surface area contributed by atoms with Crippen molar-refractivity contribution in [1.29, 1.82) is 0 Å². The highest BCUT2D eigenvalue weighted by Crippen LogP contribution is 2.52. The van der Waals surface area contributed by atoms with Gasteiger partial charge >= 0.3 is 13.8 Å². The Morgan fingerprint density at radius 3 is 2.07 bits per heavy atom. The third-order valence-corrected chi connectivity index (χ3v) is 3.11. The van der Waals surface area contributed by atoms with Crippen LogP contribution in [-0.2, 0) is 14.0 Å². The van der Waals surface area contributed by atoms with Crippen molar-refractivity contribution in [3.8, 4) is 0 Å². The highest BCUT2D eigenvalue weighted by Gasteiger charge is 2.48. The highest BCUT2D eigenvalue weighted by molar-refractivity contribution is 7.53. The summed E-state index contributed by atoms with van der Waals surface area (Å²) in [6.45, 7) is 0. The lowest BCUT2D eigenvalue weighted by Gasteiger charge is -2.23. The molecule has 84 valence electrons. The molecule has 0 aliphatic heterocycles. The van der Waals surface area contributed by atoms with Gasteiger partial charge in [-0.2, -0.15) is 0 Å². The maximum absolute atomic E-state index is 10.7.